The summed E-state index contributed by atoms with van der Waals surface area (Å²) in [5.74, 6) is -2.03. The summed E-state index contributed by atoms with van der Waals surface area (Å²) in [6.07, 6.45) is 2.37. The topological polar surface area (TPSA) is 76.1 Å². The summed E-state index contributed by atoms with van der Waals surface area (Å²) in [6.45, 7) is 4.23. The molecule has 3 rings (SSSR count). The lowest BCUT2D eigenvalue weighted by molar-refractivity contribution is -0.174. The molecule has 7 heteroatoms. The number of hydrogen-bond donors (Lipinski definition) is 0. The van der Waals surface area contributed by atoms with Gasteiger partial charge in [0.05, 0.1) is 17.7 Å². The molecule has 0 radical (unpaired) electrons. The van der Waals surface area contributed by atoms with Gasteiger partial charge in [-0.3, -0.25) is 14.5 Å². The SMILES string of the molecule is CC(COCC(=O)ON1C(=O)c2ccccc2C1=O)N1CCCC1. The molecule has 1 aromatic carbocycles. The van der Waals surface area contributed by atoms with Gasteiger partial charge in [0.2, 0.25) is 0 Å². The van der Waals surface area contributed by atoms with E-state index in [2.05, 4.69) is 4.90 Å². The van der Waals surface area contributed by atoms with Crippen LogP contribution in [0.5, 0.6) is 0 Å². The van der Waals surface area contributed by atoms with Gasteiger partial charge in [-0.1, -0.05) is 17.2 Å². The van der Waals surface area contributed by atoms with E-state index in [1.165, 1.54) is 25.0 Å². The highest BCUT2D eigenvalue weighted by molar-refractivity contribution is 6.20. The molecule has 0 aromatic heterocycles. The van der Waals surface area contributed by atoms with Crippen molar-refractivity contribution in [2.45, 2.75) is 25.8 Å². The molecular weight excluding hydrogens is 312 g/mol. The first-order valence-electron chi connectivity index (χ1n) is 8.08. The molecule has 1 unspecified atom stereocenters. The first-order valence-corrected chi connectivity index (χ1v) is 8.08. The van der Waals surface area contributed by atoms with Crippen LogP contribution < -0.4 is 0 Å². The Hall–Kier alpha value is -2.25. The van der Waals surface area contributed by atoms with Crippen molar-refractivity contribution in [3.8, 4) is 0 Å². The minimum absolute atomic E-state index is 0.222. The van der Waals surface area contributed by atoms with Crippen molar-refractivity contribution < 1.29 is 24.0 Å². The van der Waals surface area contributed by atoms with Gasteiger partial charge in [0.25, 0.3) is 11.8 Å². The Balaban J connectivity index is 1.47. The number of ether oxygens (including phenoxy) is 1. The minimum Gasteiger partial charge on any atom is -0.368 e. The highest BCUT2D eigenvalue weighted by atomic mass is 16.7. The fourth-order valence-electron chi connectivity index (χ4n) is 2.98. The number of amides is 2. The number of hydrogen-bond acceptors (Lipinski definition) is 6. The van der Waals surface area contributed by atoms with E-state index in [9.17, 15) is 14.4 Å². The fourth-order valence-corrected chi connectivity index (χ4v) is 2.98. The van der Waals surface area contributed by atoms with Gasteiger partial charge in [0, 0.05) is 6.04 Å². The molecule has 24 heavy (non-hydrogen) atoms. The number of rotatable bonds is 6. The van der Waals surface area contributed by atoms with Crippen LogP contribution in [0.4, 0.5) is 0 Å². The Morgan fingerprint density at radius 2 is 1.71 bits per heavy atom. The van der Waals surface area contributed by atoms with E-state index in [4.69, 9.17) is 9.57 Å². The van der Waals surface area contributed by atoms with Crippen molar-refractivity contribution in [1.29, 1.82) is 0 Å². The summed E-state index contributed by atoms with van der Waals surface area (Å²) in [5.41, 5.74) is 0.470. The molecule has 0 spiro atoms. The van der Waals surface area contributed by atoms with E-state index in [1.807, 2.05) is 6.92 Å². The standard InChI is InChI=1S/C17H20N2O5/c1-12(18-8-4-5-9-18)10-23-11-15(20)24-19-16(21)13-6-2-3-7-14(13)17(19)22/h2-3,6-7,12H,4-5,8-11H2,1H3. The van der Waals surface area contributed by atoms with Crippen LogP contribution in [0.3, 0.4) is 0 Å². The highest BCUT2D eigenvalue weighted by Crippen LogP contribution is 2.22. The molecule has 0 aliphatic carbocycles. The maximum Gasteiger partial charge on any atom is 0.358 e. The molecule has 1 saturated heterocycles. The van der Waals surface area contributed by atoms with Crippen molar-refractivity contribution in [3.05, 3.63) is 35.4 Å². The second-order valence-corrected chi connectivity index (χ2v) is 6.02. The Kier molecular flexibility index (Phi) is 4.92. The van der Waals surface area contributed by atoms with E-state index in [1.54, 1.807) is 12.1 Å². The third-order valence-electron chi connectivity index (χ3n) is 4.29. The van der Waals surface area contributed by atoms with E-state index in [0.29, 0.717) is 11.7 Å². The molecule has 1 fully saturated rings. The number of hydroxylamine groups is 2. The van der Waals surface area contributed by atoms with Crippen LogP contribution >= 0.6 is 0 Å². The Labute approximate surface area is 140 Å². The highest BCUT2D eigenvalue weighted by Gasteiger charge is 2.38. The summed E-state index contributed by atoms with van der Waals surface area (Å²) >= 11 is 0. The summed E-state index contributed by atoms with van der Waals surface area (Å²) in [4.78, 5) is 43.2. The average Bonchev–Trinajstić information content (AvgIpc) is 3.19. The number of benzene rings is 1. The molecule has 0 bridgehead atoms. The second kappa shape index (κ2) is 7.11. The molecule has 7 nitrogen and oxygen atoms in total. The molecule has 0 N–H and O–H groups in total. The van der Waals surface area contributed by atoms with Crippen LogP contribution in [0, 0.1) is 0 Å². The van der Waals surface area contributed by atoms with E-state index in [0.717, 1.165) is 13.1 Å². The number of fused-ring (bicyclic) bond motifs is 1. The molecule has 2 aliphatic heterocycles. The monoisotopic (exact) mass is 332 g/mol. The number of nitrogens with zero attached hydrogens (tertiary/aromatic N) is 2. The van der Waals surface area contributed by atoms with Crippen LogP contribution in [0.2, 0.25) is 0 Å². The van der Waals surface area contributed by atoms with Crippen LogP contribution in [0.1, 0.15) is 40.5 Å². The smallest absolute Gasteiger partial charge is 0.358 e. The van der Waals surface area contributed by atoms with Crippen molar-refractivity contribution >= 4 is 17.8 Å². The Bertz CT molecular complexity index is 619. The van der Waals surface area contributed by atoms with E-state index < -0.39 is 17.8 Å². The first-order chi connectivity index (χ1) is 11.6. The molecule has 2 aliphatic rings. The molecule has 0 saturated carbocycles. The van der Waals surface area contributed by atoms with Gasteiger partial charge < -0.3 is 9.57 Å². The van der Waals surface area contributed by atoms with Gasteiger partial charge in [0.1, 0.15) is 6.61 Å². The van der Waals surface area contributed by atoms with Gasteiger partial charge >= 0.3 is 5.97 Å². The summed E-state index contributed by atoms with van der Waals surface area (Å²) in [6, 6.07) is 6.57. The van der Waals surface area contributed by atoms with Crippen LogP contribution in [-0.2, 0) is 14.4 Å². The maximum absolute atomic E-state index is 12.1. The number of imide groups is 1. The van der Waals surface area contributed by atoms with Gasteiger partial charge in [-0.25, -0.2) is 4.79 Å². The van der Waals surface area contributed by atoms with Crippen LogP contribution in [0.25, 0.3) is 0 Å². The number of likely N-dealkylation sites (tertiary alicyclic amines) is 1. The number of carbonyl (C=O) groups is 3. The van der Waals surface area contributed by atoms with Gasteiger partial charge in [-0.05, 0) is 45.0 Å². The lowest BCUT2D eigenvalue weighted by Crippen LogP contribution is -2.36. The summed E-state index contributed by atoms with van der Waals surface area (Å²) in [5, 5.41) is 0.500. The zero-order valence-corrected chi connectivity index (χ0v) is 13.6. The zero-order valence-electron chi connectivity index (χ0n) is 13.6. The predicted molar refractivity (Wildman–Crippen MR) is 84.1 cm³/mol. The Morgan fingerprint density at radius 3 is 2.29 bits per heavy atom. The predicted octanol–water partition coefficient (Wildman–Crippen LogP) is 1.24. The normalized spacial score (nSPS) is 18.8. The Morgan fingerprint density at radius 1 is 1.12 bits per heavy atom. The summed E-state index contributed by atoms with van der Waals surface area (Å²) < 4.78 is 5.36. The molecule has 2 amide bonds. The fraction of sp³-hybridized carbons (Fsp3) is 0.471. The molecule has 128 valence electrons. The van der Waals surface area contributed by atoms with Gasteiger partial charge in [0.15, 0.2) is 0 Å². The third-order valence-corrected chi connectivity index (χ3v) is 4.29. The quantitative estimate of drug-likeness (QED) is 0.730. The number of carbonyl (C=O) groups excluding carboxylic acids is 3. The van der Waals surface area contributed by atoms with Crippen molar-refractivity contribution in [2.75, 3.05) is 26.3 Å². The second-order valence-electron chi connectivity index (χ2n) is 6.02. The minimum atomic E-state index is -0.766. The van der Waals surface area contributed by atoms with Gasteiger partial charge in [-0.15, -0.1) is 0 Å². The van der Waals surface area contributed by atoms with E-state index in [-0.39, 0.29) is 23.8 Å². The molecule has 1 atom stereocenters. The first kappa shape index (κ1) is 16.6. The lowest BCUT2D eigenvalue weighted by atomic mass is 10.1. The van der Waals surface area contributed by atoms with E-state index >= 15 is 0 Å². The molecule has 2 heterocycles. The van der Waals surface area contributed by atoms with Crippen molar-refractivity contribution in [2.24, 2.45) is 0 Å². The maximum atomic E-state index is 12.1. The zero-order chi connectivity index (χ0) is 17.1. The van der Waals surface area contributed by atoms with Gasteiger partial charge in [-0.2, -0.15) is 0 Å². The molecule has 1 aromatic rings. The van der Waals surface area contributed by atoms with Crippen LogP contribution in [-0.4, -0.2) is 60.1 Å². The summed E-state index contributed by atoms with van der Waals surface area (Å²) in [7, 11) is 0. The molecular formula is C17H20N2O5. The lowest BCUT2D eigenvalue weighted by Gasteiger charge is -2.23. The third kappa shape index (κ3) is 3.32. The van der Waals surface area contributed by atoms with Crippen molar-refractivity contribution in [1.82, 2.24) is 9.96 Å². The average molecular weight is 332 g/mol. The van der Waals surface area contributed by atoms with Crippen molar-refractivity contribution in [3.63, 3.8) is 0 Å². The largest absolute Gasteiger partial charge is 0.368 e. The van der Waals surface area contributed by atoms with Crippen LogP contribution in [0.15, 0.2) is 24.3 Å².